The van der Waals surface area contributed by atoms with Crippen molar-refractivity contribution in [3.05, 3.63) is 42.0 Å². The second kappa shape index (κ2) is 20.6. The van der Waals surface area contributed by atoms with Gasteiger partial charge in [-0.05, 0) is 147 Å². The molecule has 1 aromatic rings. The summed E-state index contributed by atoms with van der Waals surface area (Å²) in [4.78, 5) is 26.6. The van der Waals surface area contributed by atoms with E-state index in [-0.39, 0.29) is 50.9 Å². The Balaban J connectivity index is 1.04. The fourth-order valence-electron chi connectivity index (χ4n) is 15.4. The molecule has 62 heavy (non-hydrogen) atoms. The van der Waals surface area contributed by atoms with Crippen LogP contribution in [0.15, 0.2) is 36.4 Å². The van der Waals surface area contributed by atoms with Crippen LogP contribution in [-0.4, -0.2) is 36.9 Å². The summed E-state index contributed by atoms with van der Waals surface area (Å²) >= 11 is 0. The molecular formula is C56H88O6. The molecule has 5 saturated carbocycles. The minimum absolute atomic E-state index is 0.0214. The monoisotopic (exact) mass is 857 g/mol. The van der Waals surface area contributed by atoms with E-state index < -0.39 is 0 Å². The normalized spacial score (nSPS) is 34.7. The number of phenols is 1. The van der Waals surface area contributed by atoms with Gasteiger partial charge in [-0.15, -0.1) is 0 Å². The number of ether oxygens (including phenoxy) is 3. The third-order valence-corrected chi connectivity index (χ3v) is 19.1. The van der Waals surface area contributed by atoms with Crippen molar-refractivity contribution in [3.63, 3.8) is 0 Å². The number of hydrogen-bond donors (Lipinski definition) is 1. The Kier molecular flexibility index (Phi) is 16.2. The molecule has 1 aromatic carbocycles. The van der Waals surface area contributed by atoms with E-state index in [9.17, 15) is 14.7 Å². The predicted molar refractivity (Wildman–Crippen MR) is 254 cm³/mol. The number of benzene rings is 1. The maximum Gasteiger partial charge on any atom is 0.331 e. The highest BCUT2D eigenvalue weighted by atomic mass is 16.5. The molecule has 6 rings (SSSR count). The smallest absolute Gasteiger partial charge is 0.331 e. The predicted octanol–water partition coefficient (Wildman–Crippen LogP) is 15.0. The molecule has 0 aromatic heterocycles. The molecule has 5 aliphatic rings. The van der Waals surface area contributed by atoms with E-state index in [1.165, 1.54) is 121 Å². The lowest BCUT2D eigenvalue weighted by Gasteiger charge is -2.73. The number of fused-ring (bicyclic) bond motifs is 7. The number of unbranched alkanes of at least 4 members (excludes halogenated alkanes) is 12. The topological polar surface area (TPSA) is 82.1 Å². The summed E-state index contributed by atoms with van der Waals surface area (Å²) in [5, 5.41) is 9.99. The summed E-state index contributed by atoms with van der Waals surface area (Å²) in [6.07, 6.45) is 32.2. The van der Waals surface area contributed by atoms with Crippen LogP contribution in [0.5, 0.6) is 11.5 Å². The van der Waals surface area contributed by atoms with Gasteiger partial charge in [0.2, 0.25) is 0 Å². The van der Waals surface area contributed by atoms with Crippen LogP contribution in [0.4, 0.5) is 0 Å². The Morgan fingerprint density at radius 2 is 1.44 bits per heavy atom. The van der Waals surface area contributed by atoms with Gasteiger partial charge in [-0.25, -0.2) is 4.79 Å². The van der Waals surface area contributed by atoms with Crippen molar-refractivity contribution < 1.29 is 28.9 Å². The van der Waals surface area contributed by atoms with Crippen molar-refractivity contribution in [2.45, 2.75) is 209 Å². The van der Waals surface area contributed by atoms with Crippen molar-refractivity contribution in [1.82, 2.24) is 0 Å². The average Bonchev–Trinajstić information content (AvgIpc) is 3.63. The number of carbonyl (C=O) groups is 2. The molecule has 0 bridgehead atoms. The van der Waals surface area contributed by atoms with Gasteiger partial charge in [-0.2, -0.15) is 0 Å². The molecule has 0 heterocycles. The number of rotatable bonds is 21. The summed E-state index contributed by atoms with van der Waals surface area (Å²) in [6.45, 7) is 22.4. The Labute approximate surface area is 378 Å². The molecule has 0 amide bonds. The van der Waals surface area contributed by atoms with Gasteiger partial charge in [-0.3, -0.25) is 4.79 Å². The minimum atomic E-state index is -0.313. The van der Waals surface area contributed by atoms with Crippen LogP contribution < -0.4 is 4.74 Å². The quantitative estimate of drug-likeness (QED) is 0.0574. The van der Waals surface area contributed by atoms with Gasteiger partial charge >= 0.3 is 11.9 Å². The van der Waals surface area contributed by atoms with Gasteiger partial charge in [-0.1, -0.05) is 137 Å². The van der Waals surface area contributed by atoms with Crippen LogP contribution in [0.3, 0.4) is 0 Å². The molecule has 6 heteroatoms. The molecular weight excluding hydrogens is 769 g/mol. The van der Waals surface area contributed by atoms with Crippen molar-refractivity contribution in [2.24, 2.45) is 56.7 Å². The number of aromatic hydroxyl groups is 1. The van der Waals surface area contributed by atoms with Gasteiger partial charge in [0.05, 0.1) is 13.7 Å². The molecule has 0 unspecified atom stereocenters. The number of hydrogen-bond acceptors (Lipinski definition) is 6. The highest BCUT2D eigenvalue weighted by Crippen LogP contribution is 2.77. The van der Waals surface area contributed by atoms with E-state index in [0.717, 1.165) is 50.5 Å². The van der Waals surface area contributed by atoms with E-state index in [1.807, 2.05) is 0 Å². The first-order valence-electron chi connectivity index (χ1n) is 25.6. The number of allylic oxidation sites excluding steroid dienone is 1. The first-order valence-corrected chi connectivity index (χ1v) is 25.6. The maximum absolute atomic E-state index is 13.3. The summed E-state index contributed by atoms with van der Waals surface area (Å²) in [5.74, 6) is 2.87. The van der Waals surface area contributed by atoms with Gasteiger partial charge in [0.15, 0.2) is 11.5 Å². The van der Waals surface area contributed by atoms with Crippen LogP contribution >= 0.6 is 0 Å². The van der Waals surface area contributed by atoms with Gasteiger partial charge in [0.25, 0.3) is 0 Å². The molecule has 0 saturated heterocycles. The Morgan fingerprint density at radius 1 is 0.774 bits per heavy atom. The zero-order valence-electron chi connectivity index (χ0n) is 40.7. The van der Waals surface area contributed by atoms with Gasteiger partial charge < -0.3 is 19.3 Å². The second-order valence-electron chi connectivity index (χ2n) is 22.8. The van der Waals surface area contributed by atoms with Crippen LogP contribution in [0.2, 0.25) is 0 Å². The molecule has 10 atom stereocenters. The van der Waals surface area contributed by atoms with Crippen molar-refractivity contribution in [1.29, 1.82) is 0 Å². The molecule has 0 spiro atoms. The molecule has 6 nitrogen and oxygen atoms in total. The molecule has 1 N–H and O–H groups in total. The van der Waals surface area contributed by atoms with Crippen molar-refractivity contribution in [3.8, 4) is 11.5 Å². The van der Waals surface area contributed by atoms with Crippen LogP contribution in [0, 0.1) is 56.7 Å². The van der Waals surface area contributed by atoms with E-state index >= 15 is 0 Å². The van der Waals surface area contributed by atoms with E-state index in [1.54, 1.807) is 24.3 Å². The maximum atomic E-state index is 13.3. The highest BCUT2D eigenvalue weighted by molar-refractivity contribution is 5.87. The lowest BCUT2D eigenvalue weighted by atomic mass is 9.32. The van der Waals surface area contributed by atoms with E-state index in [4.69, 9.17) is 14.2 Å². The number of esters is 2. The molecule has 5 fully saturated rings. The van der Waals surface area contributed by atoms with Crippen molar-refractivity contribution >= 4 is 18.0 Å². The Hall–Kier alpha value is -2.76. The standard InChI is InChI=1S/C56H88O6/c1-10-11-12-13-14-15-16-17-18-19-20-21-22-23-49(58)61-39-56-35-30-42(40(2)3)51(56)43-26-28-47-53(6)33-32-48(62-50(59)29-25-41-24-27-44(57)45(38-41)60-9)52(4,5)46(53)31-34-55(47,8)54(43,7)36-37-56/h24-25,27,29,38,42-43,46-48,51,57H,2,10-23,26,28,30-37,39H2,1,3-9H3/t42-,43+,46-,47+,48-,51+,53-,54+,55+,56+/m0/s1. The Morgan fingerprint density at radius 3 is 2.08 bits per heavy atom. The summed E-state index contributed by atoms with van der Waals surface area (Å²) < 4.78 is 17.9. The third kappa shape index (κ3) is 9.90. The first-order chi connectivity index (χ1) is 29.6. The molecule has 5 aliphatic carbocycles. The van der Waals surface area contributed by atoms with Crippen LogP contribution in [-0.2, 0) is 19.1 Å². The van der Waals surface area contributed by atoms with Crippen LogP contribution in [0.25, 0.3) is 6.08 Å². The third-order valence-electron chi connectivity index (χ3n) is 19.1. The van der Waals surface area contributed by atoms with Gasteiger partial charge in [0, 0.05) is 23.3 Å². The minimum Gasteiger partial charge on any atom is -0.504 e. The fourth-order valence-corrected chi connectivity index (χ4v) is 15.4. The van der Waals surface area contributed by atoms with Crippen LogP contribution in [0.1, 0.15) is 208 Å². The SMILES string of the molecule is C=C(C)[C@@H]1CC[C@]2(COC(=O)CCCCCCCCCCCCCCC)CC[C@]3(C)[C@H](CC[C@@H]4[C@@]5(C)CC[C@H](OC(=O)C=Cc6ccc(O)c(OC)c6)C(C)(C)[C@@H]5CC[C@]43C)[C@@H]12. The van der Waals surface area contributed by atoms with E-state index in [2.05, 4.69) is 55.0 Å². The first kappa shape index (κ1) is 48.7. The summed E-state index contributed by atoms with van der Waals surface area (Å²) in [6, 6.07) is 5.06. The van der Waals surface area contributed by atoms with Crippen molar-refractivity contribution in [2.75, 3.05) is 13.7 Å². The molecule has 348 valence electrons. The summed E-state index contributed by atoms with van der Waals surface area (Å²) in [7, 11) is 1.52. The second-order valence-corrected chi connectivity index (χ2v) is 22.8. The summed E-state index contributed by atoms with van der Waals surface area (Å²) in [5.41, 5.74) is 2.62. The molecule has 0 aliphatic heterocycles. The van der Waals surface area contributed by atoms with Gasteiger partial charge in [0.1, 0.15) is 6.10 Å². The lowest BCUT2D eigenvalue weighted by Crippen LogP contribution is -2.67. The highest BCUT2D eigenvalue weighted by Gasteiger charge is 2.71. The zero-order valence-corrected chi connectivity index (χ0v) is 40.7. The number of phenolic OH excluding ortho intramolecular Hbond substituents is 1. The van der Waals surface area contributed by atoms with E-state index in [0.29, 0.717) is 48.4 Å². The largest absolute Gasteiger partial charge is 0.504 e. The fraction of sp³-hybridized carbons (Fsp3) is 0.786. The average molecular weight is 857 g/mol. The number of methoxy groups -OCH3 is 1. The number of carbonyl (C=O) groups excluding carboxylic acids is 2. The Bertz CT molecular complexity index is 1710. The molecule has 0 radical (unpaired) electrons. The lowest BCUT2D eigenvalue weighted by molar-refractivity contribution is -0.251. The zero-order chi connectivity index (χ0) is 44.8.